The van der Waals surface area contributed by atoms with E-state index in [1.165, 1.54) is 5.56 Å². The lowest BCUT2D eigenvalue weighted by molar-refractivity contribution is -0.122. The summed E-state index contributed by atoms with van der Waals surface area (Å²) in [5.74, 6) is 0.612. The van der Waals surface area contributed by atoms with E-state index in [1.807, 2.05) is 6.07 Å². The number of ether oxygens (including phenoxy) is 1. The van der Waals surface area contributed by atoms with Gasteiger partial charge in [-0.1, -0.05) is 26.8 Å². The Bertz CT molecular complexity index is 448. The normalized spacial score (nSPS) is 12.9. The van der Waals surface area contributed by atoms with Gasteiger partial charge >= 0.3 is 0 Å². The summed E-state index contributed by atoms with van der Waals surface area (Å²) < 4.78 is 5.32. The number of hydrogen-bond donors (Lipinski definition) is 2. The largest absolute Gasteiger partial charge is 0.496 e. The Morgan fingerprint density at radius 1 is 1.42 bits per heavy atom. The molecular formula is C15H24N2O2. The number of nitrogens with two attached hydrogens (primary N) is 1. The molecule has 0 radical (unpaired) electrons. The summed E-state index contributed by atoms with van der Waals surface area (Å²) in [5.41, 5.74) is 7.76. The Morgan fingerprint density at radius 2 is 2.05 bits per heavy atom. The fraction of sp³-hybridized carbons (Fsp3) is 0.533. The van der Waals surface area contributed by atoms with E-state index in [-0.39, 0.29) is 11.3 Å². The molecule has 0 fully saturated rings. The topological polar surface area (TPSA) is 64.3 Å². The molecule has 19 heavy (non-hydrogen) atoms. The van der Waals surface area contributed by atoms with Crippen LogP contribution in [0.5, 0.6) is 5.75 Å². The van der Waals surface area contributed by atoms with Crippen molar-refractivity contribution in [3.05, 3.63) is 29.3 Å². The first-order chi connectivity index (χ1) is 8.75. The van der Waals surface area contributed by atoms with Crippen LogP contribution in [0.4, 0.5) is 0 Å². The van der Waals surface area contributed by atoms with Gasteiger partial charge in [-0.15, -0.1) is 0 Å². The maximum absolute atomic E-state index is 11.5. The van der Waals surface area contributed by atoms with Crippen LogP contribution < -0.4 is 15.8 Å². The fourth-order valence-electron chi connectivity index (χ4n) is 1.73. The molecule has 1 atom stereocenters. The minimum atomic E-state index is -0.503. The quantitative estimate of drug-likeness (QED) is 0.873. The predicted molar refractivity (Wildman–Crippen MR) is 77.2 cm³/mol. The summed E-state index contributed by atoms with van der Waals surface area (Å²) >= 11 is 0. The summed E-state index contributed by atoms with van der Waals surface area (Å²) in [4.78, 5) is 11.5. The van der Waals surface area contributed by atoms with Gasteiger partial charge in [-0.05, 0) is 30.0 Å². The van der Waals surface area contributed by atoms with E-state index in [0.29, 0.717) is 6.54 Å². The van der Waals surface area contributed by atoms with Crippen molar-refractivity contribution in [2.45, 2.75) is 45.7 Å². The van der Waals surface area contributed by atoms with Crippen molar-refractivity contribution >= 4 is 5.91 Å². The molecule has 0 aliphatic heterocycles. The van der Waals surface area contributed by atoms with Crippen LogP contribution in [0.25, 0.3) is 0 Å². The molecule has 3 N–H and O–H groups in total. The number of carbonyl (C=O) groups excluding carboxylic acids is 1. The second-order valence-electron chi connectivity index (χ2n) is 5.78. The first-order valence-electron chi connectivity index (χ1n) is 6.46. The zero-order valence-corrected chi connectivity index (χ0v) is 12.4. The maximum atomic E-state index is 11.5. The van der Waals surface area contributed by atoms with Crippen molar-refractivity contribution in [1.29, 1.82) is 0 Å². The molecule has 1 unspecified atom stereocenters. The van der Waals surface area contributed by atoms with Crippen molar-refractivity contribution in [1.82, 2.24) is 5.32 Å². The van der Waals surface area contributed by atoms with Gasteiger partial charge in [0, 0.05) is 12.1 Å². The molecule has 0 saturated carbocycles. The van der Waals surface area contributed by atoms with Crippen molar-refractivity contribution in [2.24, 2.45) is 5.73 Å². The first-order valence-corrected chi connectivity index (χ1v) is 6.46. The fourth-order valence-corrected chi connectivity index (χ4v) is 1.73. The van der Waals surface area contributed by atoms with Crippen LogP contribution in [0, 0.1) is 0 Å². The standard InChI is InChI=1S/C15H24N2O2/c1-10(16)14(18)17-9-11-8-12(15(2,3)4)6-7-13(11)19-5/h6-8,10H,9,16H2,1-5H3,(H,17,18). The average Bonchev–Trinajstić information content (AvgIpc) is 2.34. The SMILES string of the molecule is COc1ccc(C(C)(C)C)cc1CNC(=O)C(C)N. The Balaban J connectivity index is 2.94. The highest BCUT2D eigenvalue weighted by Gasteiger charge is 2.16. The number of rotatable bonds is 4. The second-order valence-corrected chi connectivity index (χ2v) is 5.78. The molecule has 0 aliphatic rings. The van der Waals surface area contributed by atoms with Crippen LogP contribution in [-0.2, 0) is 16.8 Å². The monoisotopic (exact) mass is 264 g/mol. The van der Waals surface area contributed by atoms with Crippen LogP contribution >= 0.6 is 0 Å². The number of hydrogen-bond acceptors (Lipinski definition) is 3. The van der Waals surface area contributed by atoms with E-state index in [1.54, 1.807) is 14.0 Å². The Hall–Kier alpha value is -1.55. The summed E-state index contributed by atoms with van der Waals surface area (Å²) in [6.07, 6.45) is 0. The summed E-state index contributed by atoms with van der Waals surface area (Å²) in [6, 6.07) is 5.56. The van der Waals surface area contributed by atoms with Crippen LogP contribution in [0.1, 0.15) is 38.8 Å². The lowest BCUT2D eigenvalue weighted by Gasteiger charge is -2.21. The molecule has 1 rings (SSSR count). The third-order valence-electron chi connectivity index (χ3n) is 3.01. The lowest BCUT2D eigenvalue weighted by atomic mass is 9.86. The van der Waals surface area contributed by atoms with Crippen molar-refractivity contribution in [3.63, 3.8) is 0 Å². The van der Waals surface area contributed by atoms with Gasteiger partial charge < -0.3 is 15.8 Å². The van der Waals surface area contributed by atoms with Crippen molar-refractivity contribution in [3.8, 4) is 5.75 Å². The van der Waals surface area contributed by atoms with Gasteiger partial charge in [0.15, 0.2) is 0 Å². The summed E-state index contributed by atoms with van der Waals surface area (Å²) in [5, 5.41) is 2.81. The number of amides is 1. The highest BCUT2D eigenvalue weighted by Crippen LogP contribution is 2.27. The molecule has 1 aromatic carbocycles. The Kier molecular flexibility index (Phi) is 4.95. The summed E-state index contributed by atoms with van der Waals surface area (Å²) in [6.45, 7) is 8.54. The Morgan fingerprint density at radius 3 is 2.53 bits per heavy atom. The number of benzene rings is 1. The predicted octanol–water partition coefficient (Wildman–Crippen LogP) is 1.96. The molecule has 106 valence electrons. The molecule has 0 aliphatic carbocycles. The number of nitrogens with one attached hydrogen (secondary N) is 1. The molecule has 0 saturated heterocycles. The van der Waals surface area contributed by atoms with Gasteiger partial charge in [0.1, 0.15) is 5.75 Å². The second kappa shape index (κ2) is 6.06. The average molecular weight is 264 g/mol. The van der Waals surface area contributed by atoms with E-state index in [2.05, 4.69) is 38.2 Å². The number of methoxy groups -OCH3 is 1. The van der Waals surface area contributed by atoms with Gasteiger partial charge in [0.05, 0.1) is 13.2 Å². The molecule has 1 amide bonds. The van der Waals surface area contributed by atoms with Gasteiger partial charge in [-0.25, -0.2) is 0 Å². The third-order valence-corrected chi connectivity index (χ3v) is 3.01. The van der Waals surface area contributed by atoms with E-state index in [9.17, 15) is 4.79 Å². The lowest BCUT2D eigenvalue weighted by Crippen LogP contribution is -2.37. The van der Waals surface area contributed by atoms with Gasteiger partial charge in [-0.2, -0.15) is 0 Å². The van der Waals surface area contributed by atoms with Crippen LogP contribution in [-0.4, -0.2) is 19.1 Å². The maximum Gasteiger partial charge on any atom is 0.236 e. The smallest absolute Gasteiger partial charge is 0.236 e. The number of carbonyl (C=O) groups is 1. The molecule has 0 aromatic heterocycles. The van der Waals surface area contributed by atoms with Gasteiger partial charge in [0.2, 0.25) is 5.91 Å². The summed E-state index contributed by atoms with van der Waals surface area (Å²) in [7, 11) is 1.63. The molecule has 4 heteroatoms. The molecule has 0 bridgehead atoms. The van der Waals surface area contributed by atoms with Crippen molar-refractivity contribution in [2.75, 3.05) is 7.11 Å². The molecular weight excluding hydrogens is 240 g/mol. The molecule has 4 nitrogen and oxygen atoms in total. The van der Waals surface area contributed by atoms with Crippen LogP contribution in [0.3, 0.4) is 0 Å². The highest BCUT2D eigenvalue weighted by molar-refractivity contribution is 5.81. The van der Waals surface area contributed by atoms with Gasteiger partial charge in [-0.3, -0.25) is 4.79 Å². The third kappa shape index (κ3) is 4.24. The Labute approximate surface area is 115 Å². The minimum absolute atomic E-state index is 0.0617. The highest BCUT2D eigenvalue weighted by atomic mass is 16.5. The minimum Gasteiger partial charge on any atom is -0.496 e. The van der Waals surface area contributed by atoms with E-state index >= 15 is 0 Å². The zero-order valence-electron chi connectivity index (χ0n) is 12.4. The van der Waals surface area contributed by atoms with Crippen LogP contribution in [0.2, 0.25) is 0 Å². The molecule has 0 spiro atoms. The van der Waals surface area contributed by atoms with E-state index < -0.39 is 6.04 Å². The van der Waals surface area contributed by atoms with E-state index in [0.717, 1.165) is 11.3 Å². The molecule has 1 aromatic rings. The van der Waals surface area contributed by atoms with Crippen LogP contribution in [0.15, 0.2) is 18.2 Å². The first kappa shape index (κ1) is 15.5. The van der Waals surface area contributed by atoms with Gasteiger partial charge in [0.25, 0.3) is 0 Å². The zero-order chi connectivity index (χ0) is 14.6. The van der Waals surface area contributed by atoms with Crippen molar-refractivity contribution < 1.29 is 9.53 Å². The van der Waals surface area contributed by atoms with E-state index in [4.69, 9.17) is 10.5 Å². The molecule has 0 heterocycles.